The summed E-state index contributed by atoms with van der Waals surface area (Å²) in [6.07, 6.45) is 0. The quantitative estimate of drug-likeness (QED) is 0.131. The molecule has 0 aliphatic heterocycles. The van der Waals surface area contributed by atoms with E-state index >= 15 is 0 Å². The lowest BCUT2D eigenvalue weighted by Crippen LogP contribution is -2.74. The number of rotatable bonds is 5. The molecule has 47 heavy (non-hydrogen) atoms. The Kier molecular flexibility index (Phi) is 6.47. The average molecular weight is 635 g/mol. The fourth-order valence-electron chi connectivity index (χ4n) is 8.18. The summed E-state index contributed by atoms with van der Waals surface area (Å²) in [6.45, 7) is 4.84. The van der Waals surface area contributed by atoms with E-state index in [2.05, 4.69) is 184 Å². The van der Waals surface area contributed by atoms with E-state index in [1.165, 1.54) is 74.3 Å². The Morgan fingerprint density at radius 1 is 0.426 bits per heavy atom. The number of fused-ring (bicyclic) bond motifs is 6. The standard InChI is InChI=1S/C45H34SSi/c1-45(2)41-29-31(36-22-14-23-40-39-21-12-13-24-43(39)46-44(36)40)25-27-37(41)38-28-26-35(30-42(38)45)47(32-15-6-3-7-16-32,33-17-8-4-9-18-33)34-19-10-5-11-20-34/h3-30H,1-2H3. The zero-order chi connectivity index (χ0) is 31.6. The lowest BCUT2D eigenvalue weighted by Gasteiger charge is -2.35. The van der Waals surface area contributed by atoms with Gasteiger partial charge in [0.15, 0.2) is 8.07 Å². The molecule has 7 aromatic carbocycles. The van der Waals surface area contributed by atoms with Crippen molar-refractivity contribution >= 4 is 60.3 Å². The molecule has 0 radical (unpaired) electrons. The third kappa shape index (κ3) is 4.18. The van der Waals surface area contributed by atoms with Gasteiger partial charge >= 0.3 is 0 Å². The van der Waals surface area contributed by atoms with Crippen LogP contribution in [-0.2, 0) is 5.41 Å². The molecule has 224 valence electrons. The van der Waals surface area contributed by atoms with Crippen LogP contribution in [0.25, 0.3) is 42.4 Å². The summed E-state index contributed by atoms with van der Waals surface area (Å²) in [5.74, 6) is 0. The van der Waals surface area contributed by atoms with Crippen molar-refractivity contribution in [1.29, 1.82) is 0 Å². The van der Waals surface area contributed by atoms with E-state index in [-0.39, 0.29) is 5.41 Å². The highest BCUT2D eigenvalue weighted by Gasteiger charge is 2.43. The van der Waals surface area contributed by atoms with E-state index < -0.39 is 8.07 Å². The van der Waals surface area contributed by atoms with E-state index in [4.69, 9.17) is 0 Å². The van der Waals surface area contributed by atoms with E-state index in [0.29, 0.717) is 0 Å². The second kappa shape index (κ2) is 10.8. The SMILES string of the molecule is CC1(C)c2cc(-c3cccc4c3sc3ccccc34)ccc2-c2ccc([Si](c3ccccc3)(c3ccccc3)c3ccccc3)cc21. The smallest absolute Gasteiger partial charge is 0.135 e. The molecule has 0 fully saturated rings. The van der Waals surface area contributed by atoms with Crippen molar-refractivity contribution < 1.29 is 0 Å². The predicted octanol–water partition coefficient (Wildman–Crippen LogP) is 9.41. The van der Waals surface area contributed by atoms with Crippen LogP contribution in [0.2, 0.25) is 0 Å². The highest BCUT2D eigenvalue weighted by Crippen LogP contribution is 2.50. The first-order valence-corrected chi connectivity index (χ1v) is 19.3. The molecular weight excluding hydrogens is 601 g/mol. The molecule has 1 heterocycles. The van der Waals surface area contributed by atoms with Crippen LogP contribution >= 0.6 is 11.3 Å². The molecule has 0 N–H and O–H groups in total. The minimum absolute atomic E-state index is 0.144. The Hall–Kier alpha value is -5.02. The molecule has 0 amide bonds. The van der Waals surface area contributed by atoms with Gasteiger partial charge in [0.1, 0.15) is 0 Å². The van der Waals surface area contributed by atoms with Gasteiger partial charge in [-0.1, -0.05) is 172 Å². The van der Waals surface area contributed by atoms with E-state index in [1.807, 2.05) is 11.3 Å². The molecule has 0 saturated carbocycles. The van der Waals surface area contributed by atoms with Crippen molar-refractivity contribution in [3.8, 4) is 22.3 Å². The molecule has 8 aromatic rings. The first-order valence-electron chi connectivity index (χ1n) is 16.4. The summed E-state index contributed by atoms with van der Waals surface area (Å²) < 4.78 is 2.72. The van der Waals surface area contributed by atoms with Crippen LogP contribution in [-0.4, -0.2) is 8.07 Å². The first-order chi connectivity index (χ1) is 23.1. The molecule has 2 heteroatoms. The van der Waals surface area contributed by atoms with E-state index in [9.17, 15) is 0 Å². The zero-order valence-electron chi connectivity index (χ0n) is 26.6. The minimum atomic E-state index is -2.62. The molecule has 1 aliphatic rings. The topological polar surface area (TPSA) is 0 Å². The minimum Gasteiger partial charge on any atom is -0.135 e. The maximum Gasteiger partial charge on any atom is 0.179 e. The first kappa shape index (κ1) is 28.2. The zero-order valence-corrected chi connectivity index (χ0v) is 28.4. The molecule has 1 aromatic heterocycles. The highest BCUT2D eigenvalue weighted by molar-refractivity contribution is 7.26. The van der Waals surface area contributed by atoms with Crippen molar-refractivity contribution in [2.45, 2.75) is 19.3 Å². The van der Waals surface area contributed by atoms with E-state index in [1.54, 1.807) is 0 Å². The molecule has 0 spiro atoms. The van der Waals surface area contributed by atoms with Gasteiger partial charge in [-0.3, -0.25) is 0 Å². The number of hydrogen-bond donors (Lipinski definition) is 0. The van der Waals surface area contributed by atoms with Gasteiger partial charge in [-0.15, -0.1) is 11.3 Å². The predicted molar refractivity (Wildman–Crippen MR) is 206 cm³/mol. The van der Waals surface area contributed by atoms with Crippen LogP contribution in [0.5, 0.6) is 0 Å². The maximum atomic E-state index is 2.57. The second-order valence-corrected chi connectivity index (χ2v) is 18.1. The molecular formula is C45H34SSi. The average Bonchev–Trinajstić information content (AvgIpc) is 3.62. The van der Waals surface area contributed by atoms with Crippen LogP contribution in [0.15, 0.2) is 170 Å². The molecule has 0 bridgehead atoms. The fourth-order valence-corrected chi connectivity index (χ4v) is 14.2. The molecule has 0 saturated heterocycles. The molecule has 0 unspecified atom stereocenters. The van der Waals surface area contributed by atoms with Crippen molar-refractivity contribution in [2.24, 2.45) is 0 Å². The summed E-state index contributed by atoms with van der Waals surface area (Å²) in [4.78, 5) is 0. The Bertz CT molecular complexity index is 2320. The summed E-state index contributed by atoms with van der Waals surface area (Å²) >= 11 is 1.91. The van der Waals surface area contributed by atoms with Gasteiger partial charge in [0, 0.05) is 25.6 Å². The van der Waals surface area contributed by atoms with Crippen molar-refractivity contribution in [2.75, 3.05) is 0 Å². The lowest BCUT2D eigenvalue weighted by atomic mass is 9.81. The Labute approximate surface area is 281 Å². The normalized spacial score (nSPS) is 13.5. The molecule has 0 atom stereocenters. The third-order valence-corrected chi connectivity index (χ3v) is 16.4. The summed E-state index contributed by atoms with van der Waals surface area (Å²) in [5, 5.41) is 8.34. The maximum absolute atomic E-state index is 2.62. The summed E-state index contributed by atoms with van der Waals surface area (Å²) in [6, 6.07) is 63.9. The third-order valence-electron chi connectivity index (χ3n) is 10.4. The van der Waals surface area contributed by atoms with Crippen LogP contribution in [0.1, 0.15) is 25.0 Å². The summed E-state index contributed by atoms with van der Waals surface area (Å²) in [5.41, 5.74) is 8.02. The lowest BCUT2D eigenvalue weighted by molar-refractivity contribution is 0.661. The number of benzene rings is 7. The molecule has 1 aliphatic carbocycles. The van der Waals surface area contributed by atoms with Gasteiger partial charge < -0.3 is 0 Å². The monoisotopic (exact) mass is 634 g/mol. The van der Waals surface area contributed by atoms with Gasteiger partial charge in [-0.05, 0) is 66.3 Å². The van der Waals surface area contributed by atoms with Crippen LogP contribution in [0, 0.1) is 0 Å². The molecule has 9 rings (SSSR count). The van der Waals surface area contributed by atoms with Gasteiger partial charge in [0.2, 0.25) is 0 Å². The second-order valence-electron chi connectivity index (χ2n) is 13.3. The van der Waals surface area contributed by atoms with Crippen LogP contribution in [0.3, 0.4) is 0 Å². The largest absolute Gasteiger partial charge is 0.179 e. The molecule has 0 nitrogen and oxygen atoms in total. The van der Waals surface area contributed by atoms with Gasteiger partial charge in [-0.2, -0.15) is 0 Å². The Morgan fingerprint density at radius 2 is 0.957 bits per heavy atom. The van der Waals surface area contributed by atoms with E-state index in [0.717, 1.165) is 0 Å². The number of thiophene rings is 1. The Morgan fingerprint density at radius 3 is 1.60 bits per heavy atom. The van der Waals surface area contributed by atoms with Crippen molar-refractivity contribution in [1.82, 2.24) is 0 Å². The number of hydrogen-bond acceptors (Lipinski definition) is 1. The van der Waals surface area contributed by atoms with Gasteiger partial charge in [0.05, 0.1) is 0 Å². The van der Waals surface area contributed by atoms with Crippen molar-refractivity contribution in [3.63, 3.8) is 0 Å². The van der Waals surface area contributed by atoms with Gasteiger partial charge in [-0.25, -0.2) is 0 Å². The highest BCUT2D eigenvalue weighted by atomic mass is 32.1. The van der Waals surface area contributed by atoms with Crippen LogP contribution < -0.4 is 20.7 Å². The summed E-state index contributed by atoms with van der Waals surface area (Å²) in [7, 11) is -2.62. The Balaban J connectivity index is 1.24. The van der Waals surface area contributed by atoms with Crippen LogP contribution in [0.4, 0.5) is 0 Å². The fraction of sp³-hybridized carbons (Fsp3) is 0.0667. The van der Waals surface area contributed by atoms with Gasteiger partial charge in [0.25, 0.3) is 0 Å². The van der Waals surface area contributed by atoms with Crippen molar-refractivity contribution in [3.05, 3.63) is 181 Å².